The van der Waals surface area contributed by atoms with Crippen molar-refractivity contribution in [1.82, 2.24) is 4.90 Å². The number of carbonyl (C=O) groups excluding carboxylic acids is 1. The van der Waals surface area contributed by atoms with Crippen LogP contribution in [0.15, 0.2) is 27.1 Å². The summed E-state index contributed by atoms with van der Waals surface area (Å²) in [6.07, 6.45) is 0. The molecule has 1 aromatic heterocycles. The Morgan fingerprint density at radius 3 is 2.95 bits per heavy atom. The van der Waals surface area contributed by atoms with E-state index in [1.165, 1.54) is 16.7 Å². The van der Waals surface area contributed by atoms with Crippen LogP contribution in [0.25, 0.3) is 11.0 Å². The maximum atomic E-state index is 12.6. The minimum atomic E-state index is -0.982. The number of furan rings is 1. The van der Waals surface area contributed by atoms with Gasteiger partial charge in [0.2, 0.25) is 0 Å². The van der Waals surface area contributed by atoms with Crippen LogP contribution in [-0.4, -0.2) is 39.6 Å². The lowest BCUT2D eigenvalue weighted by atomic mass is 10.1. The number of benzene rings is 1. The largest absolute Gasteiger partial charge is 0.480 e. The maximum Gasteiger partial charge on any atom is 0.327 e. The monoisotopic (exact) mass is 369 g/mol. The van der Waals surface area contributed by atoms with Crippen molar-refractivity contribution in [2.24, 2.45) is 0 Å². The van der Waals surface area contributed by atoms with Crippen LogP contribution in [0.2, 0.25) is 0 Å². The highest BCUT2D eigenvalue weighted by atomic mass is 79.9. The van der Waals surface area contributed by atoms with Gasteiger partial charge >= 0.3 is 5.97 Å². The highest BCUT2D eigenvalue weighted by molar-refractivity contribution is 9.10. The van der Waals surface area contributed by atoms with E-state index >= 15 is 0 Å². The molecule has 0 radical (unpaired) electrons. The second-order valence-electron chi connectivity index (χ2n) is 4.83. The van der Waals surface area contributed by atoms with Crippen LogP contribution in [0, 0.1) is 6.92 Å². The van der Waals surface area contributed by atoms with E-state index in [9.17, 15) is 14.7 Å². The first-order chi connectivity index (χ1) is 9.99. The van der Waals surface area contributed by atoms with Crippen molar-refractivity contribution in [3.05, 3.63) is 34.0 Å². The lowest BCUT2D eigenvalue weighted by Crippen LogP contribution is -2.41. The van der Waals surface area contributed by atoms with Gasteiger partial charge in [-0.2, -0.15) is 0 Å². The Morgan fingerprint density at radius 2 is 2.24 bits per heavy atom. The van der Waals surface area contributed by atoms with Gasteiger partial charge in [-0.1, -0.05) is 15.9 Å². The molecule has 2 heterocycles. The summed E-state index contributed by atoms with van der Waals surface area (Å²) in [5.41, 5.74) is 1.36. The van der Waals surface area contributed by atoms with Crippen molar-refractivity contribution in [3.63, 3.8) is 0 Å². The van der Waals surface area contributed by atoms with Gasteiger partial charge in [0.1, 0.15) is 11.6 Å². The van der Waals surface area contributed by atoms with Gasteiger partial charge in [0, 0.05) is 21.2 Å². The van der Waals surface area contributed by atoms with Gasteiger partial charge in [0.05, 0.1) is 5.88 Å². The van der Waals surface area contributed by atoms with E-state index in [1.54, 1.807) is 6.07 Å². The van der Waals surface area contributed by atoms with Gasteiger partial charge in [-0.25, -0.2) is 4.79 Å². The zero-order chi connectivity index (χ0) is 15.1. The molecule has 7 heteroatoms. The van der Waals surface area contributed by atoms with Gasteiger partial charge in [-0.15, -0.1) is 11.8 Å². The number of carbonyl (C=O) groups is 2. The zero-order valence-corrected chi connectivity index (χ0v) is 13.5. The third-order valence-corrected chi connectivity index (χ3v) is 5.03. The predicted octanol–water partition coefficient (Wildman–Crippen LogP) is 3.10. The quantitative estimate of drug-likeness (QED) is 0.880. The van der Waals surface area contributed by atoms with Crippen molar-refractivity contribution >= 4 is 50.5 Å². The molecule has 3 rings (SSSR count). The van der Waals surface area contributed by atoms with Crippen molar-refractivity contribution in [2.45, 2.75) is 13.0 Å². The summed E-state index contributed by atoms with van der Waals surface area (Å²) < 4.78 is 6.54. The number of hydrogen-bond acceptors (Lipinski definition) is 4. The lowest BCUT2D eigenvalue weighted by molar-refractivity contribution is -0.140. The molecule has 1 N–H and O–H groups in total. The third kappa shape index (κ3) is 2.44. The second-order valence-corrected chi connectivity index (χ2v) is 6.74. The van der Waals surface area contributed by atoms with E-state index in [-0.39, 0.29) is 11.7 Å². The molecule has 0 aliphatic carbocycles. The fraction of sp³-hybridized carbons (Fsp3) is 0.286. The number of carboxylic acids is 1. The molecule has 1 fully saturated rings. The van der Waals surface area contributed by atoms with Gasteiger partial charge in [-0.3, -0.25) is 4.79 Å². The highest BCUT2D eigenvalue weighted by Gasteiger charge is 2.37. The molecule has 21 heavy (non-hydrogen) atoms. The number of hydrogen-bond donors (Lipinski definition) is 1. The van der Waals surface area contributed by atoms with Gasteiger partial charge in [0.15, 0.2) is 5.76 Å². The fourth-order valence-corrected chi connectivity index (χ4v) is 3.88. The molecule has 1 aliphatic heterocycles. The number of rotatable bonds is 2. The summed E-state index contributed by atoms with van der Waals surface area (Å²) in [4.78, 5) is 25.1. The Morgan fingerprint density at radius 1 is 1.48 bits per heavy atom. The topological polar surface area (TPSA) is 70.8 Å². The molecule has 0 bridgehead atoms. The number of carboxylic acid groups (broad SMARTS) is 1. The van der Waals surface area contributed by atoms with Crippen LogP contribution < -0.4 is 0 Å². The maximum absolute atomic E-state index is 12.6. The van der Waals surface area contributed by atoms with E-state index in [2.05, 4.69) is 15.9 Å². The summed E-state index contributed by atoms with van der Waals surface area (Å²) in [5, 5.41) is 10.0. The summed E-state index contributed by atoms with van der Waals surface area (Å²) >= 11 is 4.82. The Hall–Kier alpha value is -1.47. The smallest absolute Gasteiger partial charge is 0.327 e. The predicted molar refractivity (Wildman–Crippen MR) is 83.6 cm³/mol. The molecule has 1 aliphatic rings. The van der Waals surface area contributed by atoms with Crippen LogP contribution in [0.1, 0.15) is 16.1 Å². The second kappa shape index (κ2) is 5.38. The average molecular weight is 370 g/mol. The van der Waals surface area contributed by atoms with Crippen molar-refractivity contribution < 1.29 is 19.1 Å². The summed E-state index contributed by atoms with van der Waals surface area (Å²) in [5.74, 6) is -0.346. The molecule has 5 nitrogen and oxygen atoms in total. The van der Waals surface area contributed by atoms with E-state index in [0.717, 1.165) is 15.4 Å². The number of nitrogens with zero attached hydrogens (tertiary/aromatic N) is 1. The minimum absolute atomic E-state index is 0.219. The summed E-state index contributed by atoms with van der Waals surface area (Å²) in [6, 6.07) is 4.72. The standard InChI is InChI=1S/C14H12BrNO4S/c1-7-9-4-8(15)2-3-11(9)20-12(7)13(17)16-6-21-5-10(16)14(18)19/h2-4,10H,5-6H2,1H3,(H,18,19)/t10-/m0/s1. The van der Waals surface area contributed by atoms with Crippen LogP contribution in [0.3, 0.4) is 0 Å². The first-order valence-electron chi connectivity index (χ1n) is 6.29. The molecule has 1 saturated heterocycles. The number of aryl methyl sites for hydroxylation is 1. The Kier molecular flexibility index (Phi) is 3.71. The molecule has 0 saturated carbocycles. The number of fused-ring (bicyclic) bond motifs is 1. The number of amides is 1. The van der Waals surface area contributed by atoms with Crippen molar-refractivity contribution in [3.8, 4) is 0 Å². The lowest BCUT2D eigenvalue weighted by Gasteiger charge is -2.19. The first-order valence-corrected chi connectivity index (χ1v) is 8.24. The molecule has 110 valence electrons. The van der Waals surface area contributed by atoms with Gasteiger partial charge < -0.3 is 14.4 Å². The molecule has 0 spiro atoms. The van der Waals surface area contributed by atoms with E-state index in [0.29, 0.717) is 17.2 Å². The van der Waals surface area contributed by atoms with E-state index in [4.69, 9.17) is 4.42 Å². The third-order valence-electron chi connectivity index (χ3n) is 3.52. The highest BCUT2D eigenvalue weighted by Crippen LogP contribution is 2.31. The normalized spacial score (nSPS) is 18.4. The molecule has 1 amide bonds. The number of halogens is 1. The van der Waals surface area contributed by atoms with E-state index in [1.807, 2.05) is 19.1 Å². The zero-order valence-electron chi connectivity index (χ0n) is 11.1. The Labute approximate surface area is 133 Å². The first kappa shape index (κ1) is 14.5. The van der Waals surface area contributed by atoms with Crippen LogP contribution in [0.4, 0.5) is 0 Å². The van der Waals surface area contributed by atoms with Gasteiger partial charge in [-0.05, 0) is 25.1 Å². The SMILES string of the molecule is Cc1c(C(=O)N2CSC[C@H]2C(=O)O)oc2ccc(Br)cc12. The number of thioether (sulfide) groups is 1. The molecular weight excluding hydrogens is 358 g/mol. The molecule has 2 aromatic rings. The number of aliphatic carboxylic acids is 1. The average Bonchev–Trinajstić information content (AvgIpc) is 3.04. The molecule has 1 atom stereocenters. The minimum Gasteiger partial charge on any atom is -0.480 e. The summed E-state index contributed by atoms with van der Waals surface area (Å²) in [7, 11) is 0. The summed E-state index contributed by atoms with van der Waals surface area (Å²) in [6.45, 7) is 1.81. The van der Waals surface area contributed by atoms with Crippen LogP contribution in [-0.2, 0) is 4.79 Å². The van der Waals surface area contributed by atoms with Crippen molar-refractivity contribution in [1.29, 1.82) is 0 Å². The van der Waals surface area contributed by atoms with Crippen LogP contribution in [0.5, 0.6) is 0 Å². The fourth-order valence-electron chi connectivity index (χ4n) is 2.37. The Bertz CT molecular complexity index is 742. The molecule has 1 aromatic carbocycles. The van der Waals surface area contributed by atoms with Gasteiger partial charge in [0.25, 0.3) is 5.91 Å². The van der Waals surface area contributed by atoms with Crippen molar-refractivity contribution in [2.75, 3.05) is 11.6 Å². The van der Waals surface area contributed by atoms with Crippen LogP contribution >= 0.6 is 27.7 Å². The molecular formula is C14H12BrNO4S. The molecule has 0 unspecified atom stereocenters. The van der Waals surface area contributed by atoms with E-state index < -0.39 is 12.0 Å². The Balaban J connectivity index is 2.02.